The minimum Gasteiger partial charge on any atom is -0.371 e. The van der Waals surface area contributed by atoms with Gasteiger partial charge in [0.25, 0.3) is 0 Å². The van der Waals surface area contributed by atoms with Gasteiger partial charge in [-0.3, -0.25) is 4.79 Å². The topological polar surface area (TPSA) is 20.3 Å². The first-order valence-electron chi connectivity index (χ1n) is 7.37. The Kier molecular flexibility index (Phi) is 4.91. The molecule has 1 aromatic rings. The summed E-state index contributed by atoms with van der Waals surface area (Å²) in [5.74, 6) is 0.596. The number of anilines is 1. The lowest BCUT2D eigenvalue weighted by atomic mass is 9.98. The Morgan fingerprint density at radius 1 is 1.29 bits per heavy atom. The summed E-state index contributed by atoms with van der Waals surface area (Å²) in [6.07, 6.45) is -0.0152. The van der Waals surface area contributed by atoms with E-state index in [1.54, 1.807) is 0 Å². The Morgan fingerprint density at radius 2 is 2.05 bits per heavy atom. The van der Waals surface area contributed by atoms with Crippen molar-refractivity contribution in [2.24, 2.45) is 5.92 Å². The van der Waals surface area contributed by atoms with Gasteiger partial charge in [-0.15, -0.1) is 0 Å². The number of carbonyl (C=O) groups is 1. The van der Waals surface area contributed by atoms with Gasteiger partial charge in [0.15, 0.2) is 0 Å². The Bertz CT molecular complexity index is 499. The summed E-state index contributed by atoms with van der Waals surface area (Å²) in [7, 11) is 0. The van der Waals surface area contributed by atoms with Crippen LogP contribution in [0.3, 0.4) is 0 Å². The summed E-state index contributed by atoms with van der Waals surface area (Å²) < 4.78 is 39.7. The molecule has 5 heteroatoms. The SMILES string of the molecule is CCC1CCCN(c2ccc(C=O)cc2C(F)(F)F)CC1. The van der Waals surface area contributed by atoms with Crippen molar-refractivity contribution >= 4 is 12.0 Å². The van der Waals surface area contributed by atoms with Crippen LogP contribution >= 0.6 is 0 Å². The van der Waals surface area contributed by atoms with Crippen molar-refractivity contribution in [3.8, 4) is 0 Å². The minimum atomic E-state index is -4.44. The quantitative estimate of drug-likeness (QED) is 0.764. The molecule has 21 heavy (non-hydrogen) atoms. The predicted molar refractivity (Wildman–Crippen MR) is 76.7 cm³/mol. The third-order valence-corrected chi connectivity index (χ3v) is 4.23. The minimum absolute atomic E-state index is 0.0623. The number of rotatable bonds is 3. The highest BCUT2D eigenvalue weighted by molar-refractivity contribution is 5.77. The van der Waals surface area contributed by atoms with Crippen molar-refractivity contribution in [3.05, 3.63) is 29.3 Å². The lowest BCUT2D eigenvalue weighted by molar-refractivity contribution is -0.137. The molecule has 0 radical (unpaired) electrons. The van der Waals surface area contributed by atoms with E-state index in [0.717, 1.165) is 31.7 Å². The number of alkyl halides is 3. The molecule has 1 aliphatic rings. The zero-order valence-corrected chi connectivity index (χ0v) is 12.1. The zero-order chi connectivity index (χ0) is 15.5. The van der Waals surface area contributed by atoms with Gasteiger partial charge < -0.3 is 4.90 Å². The molecule has 0 amide bonds. The van der Waals surface area contributed by atoms with Gasteiger partial charge >= 0.3 is 6.18 Å². The van der Waals surface area contributed by atoms with Gasteiger partial charge in [-0.2, -0.15) is 13.2 Å². The highest BCUT2D eigenvalue weighted by atomic mass is 19.4. The number of hydrogen-bond acceptors (Lipinski definition) is 2. The maximum atomic E-state index is 13.2. The van der Waals surface area contributed by atoms with Crippen LogP contribution < -0.4 is 4.90 Å². The van der Waals surface area contributed by atoms with Gasteiger partial charge in [-0.1, -0.05) is 13.3 Å². The van der Waals surface area contributed by atoms with E-state index >= 15 is 0 Å². The molecule has 0 aliphatic carbocycles. The van der Waals surface area contributed by atoms with Crippen LogP contribution in [0.5, 0.6) is 0 Å². The molecule has 0 bridgehead atoms. The van der Waals surface area contributed by atoms with E-state index in [1.807, 2.05) is 4.90 Å². The van der Waals surface area contributed by atoms with E-state index in [2.05, 4.69) is 6.92 Å². The fraction of sp³-hybridized carbons (Fsp3) is 0.562. The van der Waals surface area contributed by atoms with Crippen molar-refractivity contribution in [1.82, 2.24) is 0 Å². The highest BCUT2D eigenvalue weighted by Gasteiger charge is 2.35. The van der Waals surface area contributed by atoms with Crippen LogP contribution in [0.25, 0.3) is 0 Å². The normalized spacial score (nSPS) is 20.2. The highest BCUT2D eigenvalue weighted by Crippen LogP contribution is 2.38. The van der Waals surface area contributed by atoms with Crippen LogP contribution in [0.2, 0.25) is 0 Å². The molecule has 1 unspecified atom stereocenters. The average Bonchev–Trinajstić information content (AvgIpc) is 2.71. The van der Waals surface area contributed by atoms with Crippen molar-refractivity contribution in [2.75, 3.05) is 18.0 Å². The number of benzene rings is 1. The molecule has 0 N–H and O–H groups in total. The van der Waals surface area contributed by atoms with Crippen LogP contribution in [0.4, 0.5) is 18.9 Å². The maximum absolute atomic E-state index is 13.2. The molecule has 0 spiro atoms. The molecule has 1 aliphatic heterocycles. The number of aldehydes is 1. The fourth-order valence-corrected chi connectivity index (χ4v) is 2.94. The third-order valence-electron chi connectivity index (χ3n) is 4.23. The van der Waals surface area contributed by atoms with Crippen molar-refractivity contribution in [2.45, 2.75) is 38.8 Å². The summed E-state index contributed by atoms with van der Waals surface area (Å²) >= 11 is 0. The maximum Gasteiger partial charge on any atom is 0.418 e. The number of nitrogens with zero attached hydrogens (tertiary/aromatic N) is 1. The van der Waals surface area contributed by atoms with E-state index in [1.165, 1.54) is 12.1 Å². The van der Waals surface area contributed by atoms with Crippen LogP contribution in [0, 0.1) is 5.92 Å². The van der Waals surface area contributed by atoms with E-state index < -0.39 is 11.7 Å². The van der Waals surface area contributed by atoms with Gasteiger partial charge in [-0.05, 0) is 43.4 Å². The van der Waals surface area contributed by atoms with Crippen LogP contribution in [0.15, 0.2) is 18.2 Å². The summed E-state index contributed by atoms with van der Waals surface area (Å²) in [6.45, 7) is 3.41. The average molecular weight is 299 g/mol. The molecule has 1 saturated heterocycles. The second-order valence-electron chi connectivity index (χ2n) is 5.58. The molecule has 2 nitrogen and oxygen atoms in total. The first kappa shape index (κ1) is 15.9. The molecule has 2 rings (SSSR count). The van der Waals surface area contributed by atoms with E-state index in [4.69, 9.17) is 0 Å². The Balaban J connectivity index is 2.32. The first-order valence-corrected chi connectivity index (χ1v) is 7.37. The number of carbonyl (C=O) groups excluding carboxylic acids is 1. The van der Waals surface area contributed by atoms with Crippen molar-refractivity contribution in [3.63, 3.8) is 0 Å². The van der Waals surface area contributed by atoms with Gasteiger partial charge in [0.05, 0.1) is 5.56 Å². The van der Waals surface area contributed by atoms with Gasteiger partial charge in [0, 0.05) is 24.3 Å². The smallest absolute Gasteiger partial charge is 0.371 e. The zero-order valence-electron chi connectivity index (χ0n) is 12.1. The van der Waals surface area contributed by atoms with Crippen LogP contribution in [-0.2, 0) is 6.18 Å². The molecule has 0 saturated carbocycles. The van der Waals surface area contributed by atoms with Crippen molar-refractivity contribution in [1.29, 1.82) is 0 Å². The molecule has 1 heterocycles. The molecule has 116 valence electrons. The summed E-state index contributed by atoms with van der Waals surface area (Å²) in [4.78, 5) is 12.5. The third kappa shape index (κ3) is 3.77. The summed E-state index contributed by atoms with van der Waals surface area (Å²) in [6, 6.07) is 3.84. The van der Waals surface area contributed by atoms with Crippen LogP contribution in [0.1, 0.15) is 48.5 Å². The van der Waals surface area contributed by atoms with E-state index in [-0.39, 0.29) is 11.3 Å². The predicted octanol–water partition coefficient (Wildman–Crippen LogP) is 4.53. The Labute approximate surface area is 122 Å². The lowest BCUT2D eigenvalue weighted by Gasteiger charge is -2.26. The largest absolute Gasteiger partial charge is 0.418 e. The molecular formula is C16H20F3NO. The standard InChI is InChI=1S/C16H20F3NO/c1-2-12-4-3-8-20(9-7-12)15-6-5-13(11-21)10-14(15)16(17,18)19/h5-6,10-12H,2-4,7-9H2,1H3. The van der Waals surface area contributed by atoms with Crippen molar-refractivity contribution < 1.29 is 18.0 Å². The number of halogens is 3. The summed E-state index contributed by atoms with van der Waals surface area (Å²) in [5.41, 5.74) is -0.445. The van der Waals surface area contributed by atoms with Gasteiger partial charge in [0.2, 0.25) is 0 Å². The second kappa shape index (κ2) is 6.50. The monoisotopic (exact) mass is 299 g/mol. The second-order valence-corrected chi connectivity index (χ2v) is 5.58. The van der Waals surface area contributed by atoms with Crippen LogP contribution in [-0.4, -0.2) is 19.4 Å². The fourth-order valence-electron chi connectivity index (χ4n) is 2.94. The molecular weight excluding hydrogens is 279 g/mol. The van der Waals surface area contributed by atoms with Gasteiger partial charge in [0.1, 0.15) is 6.29 Å². The Hall–Kier alpha value is -1.52. The van der Waals surface area contributed by atoms with E-state index in [0.29, 0.717) is 25.3 Å². The van der Waals surface area contributed by atoms with E-state index in [9.17, 15) is 18.0 Å². The molecule has 1 fully saturated rings. The lowest BCUT2D eigenvalue weighted by Crippen LogP contribution is -2.27. The first-order chi connectivity index (χ1) is 9.95. The Morgan fingerprint density at radius 3 is 2.67 bits per heavy atom. The molecule has 1 atom stereocenters. The number of hydrogen-bond donors (Lipinski definition) is 0. The van der Waals surface area contributed by atoms with Gasteiger partial charge in [-0.25, -0.2) is 0 Å². The molecule has 0 aromatic heterocycles. The summed E-state index contributed by atoms with van der Waals surface area (Å²) in [5, 5.41) is 0. The molecule has 1 aromatic carbocycles.